The van der Waals surface area contributed by atoms with Gasteiger partial charge in [-0.05, 0) is 37.6 Å². The number of carbonyl (C=O) groups is 1. The largest absolute Gasteiger partial charge is 0.482 e. The Kier molecular flexibility index (Phi) is 5.64. The van der Waals surface area contributed by atoms with E-state index in [1.54, 1.807) is 25.1 Å². The highest BCUT2D eigenvalue weighted by atomic mass is 32.2. The van der Waals surface area contributed by atoms with Gasteiger partial charge < -0.3 is 9.26 Å². The molecule has 3 aromatic rings. The van der Waals surface area contributed by atoms with E-state index in [1.807, 2.05) is 26.0 Å². The molecule has 2 heterocycles. The number of amides is 1. The Bertz CT molecular complexity index is 1270. The van der Waals surface area contributed by atoms with Crippen molar-refractivity contribution in [3.63, 3.8) is 0 Å². The minimum absolute atomic E-state index is 0.105. The SMILES string of the molecule is CCc1nc(CN2C(=O)COc3cc(S(=O)(=O)N(C)c4ccc(C)cc4)c(C)cc32)no1. The van der Waals surface area contributed by atoms with E-state index in [0.717, 1.165) is 5.56 Å². The Morgan fingerprint density at radius 1 is 1.16 bits per heavy atom. The van der Waals surface area contributed by atoms with Gasteiger partial charge in [0, 0.05) is 19.5 Å². The van der Waals surface area contributed by atoms with Gasteiger partial charge >= 0.3 is 0 Å². The van der Waals surface area contributed by atoms with Gasteiger partial charge in [0.25, 0.3) is 15.9 Å². The van der Waals surface area contributed by atoms with Crippen LogP contribution in [-0.4, -0.2) is 38.1 Å². The van der Waals surface area contributed by atoms with Gasteiger partial charge in [-0.15, -0.1) is 0 Å². The van der Waals surface area contributed by atoms with Crippen molar-refractivity contribution in [1.82, 2.24) is 10.1 Å². The molecule has 0 saturated carbocycles. The number of benzene rings is 2. The van der Waals surface area contributed by atoms with E-state index in [9.17, 15) is 13.2 Å². The first-order chi connectivity index (χ1) is 15.2. The average molecular weight is 457 g/mol. The number of aromatic nitrogens is 2. The molecule has 0 aliphatic carbocycles. The Morgan fingerprint density at radius 3 is 2.53 bits per heavy atom. The van der Waals surface area contributed by atoms with E-state index in [-0.39, 0.29) is 24.0 Å². The highest BCUT2D eigenvalue weighted by molar-refractivity contribution is 7.92. The number of nitrogens with zero attached hydrogens (tertiary/aromatic N) is 4. The van der Waals surface area contributed by atoms with Crippen molar-refractivity contribution < 1.29 is 22.5 Å². The Labute approximate surface area is 186 Å². The van der Waals surface area contributed by atoms with E-state index in [1.165, 1.54) is 22.3 Å². The summed E-state index contributed by atoms with van der Waals surface area (Å²) in [6, 6.07) is 10.3. The third-order valence-electron chi connectivity index (χ3n) is 5.35. The van der Waals surface area contributed by atoms with Crippen LogP contribution >= 0.6 is 0 Å². The lowest BCUT2D eigenvalue weighted by atomic mass is 10.1. The first-order valence-electron chi connectivity index (χ1n) is 10.2. The molecule has 0 atom stereocenters. The van der Waals surface area contributed by atoms with Gasteiger partial charge in [0.2, 0.25) is 5.89 Å². The van der Waals surface area contributed by atoms with Crippen LogP contribution < -0.4 is 13.9 Å². The van der Waals surface area contributed by atoms with E-state index < -0.39 is 10.0 Å². The summed E-state index contributed by atoms with van der Waals surface area (Å²) in [5.41, 5.74) is 2.55. The zero-order valence-electron chi connectivity index (χ0n) is 18.3. The smallest absolute Gasteiger partial charge is 0.265 e. The van der Waals surface area contributed by atoms with Crippen molar-refractivity contribution in [3.05, 3.63) is 59.2 Å². The normalized spacial score (nSPS) is 13.6. The van der Waals surface area contributed by atoms with Gasteiger partial charge in [0.1, 0.15) is 5.75 Å². The Balaban J connectivity index is 1.70. The number of rotatable bonds is 6. The predicted octanol–water partition coefficient (Wildman–Crippen LogP) is 3.00. The highest BCUT2D eigenvalue weighted by Gasteiger charge is 2.31. The molecule has 1 aliphatic rings. The van der Waals surface area contributed by atoms with Crippen LogP contribution in [0.1, 0.15) is 29.8 Å². The third kappa shape index (κ3) is 3.93. The fourth-order valence-electron chi connectivity index (χ4n) is 3.46. The quantitative estimate of drug-likeness (QED) is 0.561. The second-order valence-corrected chi connectivity index (χ2v) is 9.56. The standard InChI is InChI=1S/C22H24N4O5S/c1-5-21-23-20(24-31-21)12-26-17-10-15(3)19(11-18(17)30-13-22(26)27)32(28,29)25(4)16-8-6-14(2)7-9-16/h6-11H,5,12-13H2,1-4H3. The van der Waals surface area contributed by atoms with E-state index in [4.69, 9.17) is 9.26 Å². The van der Waals surface area contributed by atoms with Crippen molar-refractivity contribution in [1.29, 1.82) is 0 Å². The van der Waals surface area contributed by atoms with Crippen LogP contribution in [0, 0.1) is 13.8 Å². The number of hydrogen-bond acceptors (Lipinski definition) is 7. The van der Waals surface area contributed by atoms with Crippen molar-refractivity contribution >= 4 is 27.3 Å². The fourth-order valence-corrected chi connectivity index (χ4v) is 4.88. The second-order valence-electron chi connectivity index (χ2n) is 7.62. The molecule has 0 fully saturated rings. The lowest BCUT2D eigenvalue weighted by Gasteiger charge is -2.30. The average Bonchev–Trinajstić information content (AvgIpc) is 3.23. The molecule has 32 heavy (non-hydrogen) atoms. The summed E-state index contributed by atoms with van der Waals surface area (Å²) in [4.78, 5) is 18.4. The van der Waals surface area contributed by atoms with Gasteiger partial charge in [-0.3, -0.25) is 14.0 Å². The van der Waals surface area contributed by atoms with Crippen LogP contribution in [0.3, 0.4) is 0 Å². The molecule has 0 unspecified atom stereocenters. The van der Waals surface area contributed by atoms with Gasteiger partial charge in [-0.2, -0.15) is 4.98 Å². The minimum Gasteiger partial charge on any atom is -0.482 e. The number of anilines is 2. The van der Waals surface area contributed by atoms with Gasteiger partial charge in [-0.25, -0.2) is 8.42 Å². The molecule has 1 aromatic heterocycles. The van der Waals surface area contributed by atoms with E-state index in [0.29, 0.717) is 40.8 Å². The van der Waals surface area contributed by atoms with Crippen molar-refractivity contribution in [2.24, 2.45) is 0 Å². The minimum atomic E-state index is -3.85. The van der Waals surface area contributed by atoms with Gasteiger partial charge in [0.15, 0.2) is 12.4 Å². The highest BCUT2D eigenvalue weighted by Crippen LogP contribution is 2.38. The molecule has 0 bridgehead atoms. The number of fused-ring (bicyclic) bond motifs is 1. The molecule has 1 amide bonds. The van der Waals surface area contributed by atoms with Gasteiger partial charge in [-0.1, -0.05) is 29.8 Å². The fraction of sp³-hybridized carbons (Fsp3) is 0.318. The van der Waals surface area contributed by atoms with Crippen LogP contribution in [0.2, 0.25) is 0 Å². The number of aryl methyl sites for hydroxylation is 3. The number of ether oxygens (including phenoxy) is 1. The number of sulfonamides is 1. The summed E-state index contributed by atoms with van der Waals surface area (Å²) in [5.74, 6) is 0.895. The lowest BCUT2D eigenvalue weighted by molar-refractivity contribution is -0.121. The maximum atomic E-state index is 13.4. The zero-order chi connectivity index (χ0) is 23.0. The van der Waals surface area contributed by atoms with Crippen molar-refractivity contribution in [2.75, 3.05) is 22.9 Å². The first-order valence-corrected chi connectivity index (χ1v) is 11.6. The summed E-state index contributed by atoms with van der Waals surface area (Å²) in [5, 5.41) is 3.91. The lowest BCUT2D eigenvalue weighted by Crippen LogP contribution is -2.39. The van der Waals surface area contributed by atoms with Crippen molar-refractivity contribution in [2.45, 2.75) is 38.6 Å². The van der Waals surface area contributed by atoms with E-state index >= 15 is 0 Å². The number of hydrogen-bond donors (Lipinski definition) is 0. The Hall–Kier alpha value is -3.40. The summed E-state index contributed by atoms with van der Waals surface area (Å²) in [6.07, 6.45) is 0.593. The van der Waals surface area contributed by atoms with Crippen LogP contribution in [0.5, 0.6) is 5.75 Å². The molecular formula is C22H24N4O5S. The summed E-state index contributed by atoms with van der Waals surface area (Å²) < 4.78 is 38.7. The summed E-state index contributed by atoms with van der Waals surface area (Å²) >= 11 is 0. The maximum absolute atomic E-state index is 13.4. The van der Waals surface area contributed by atoms with Crippen LogP contribution in [0.4, 0.5) is 11.4 Å². The molecule has 9 nitrogen and oxygen atoms in total. The van der Waals surface area contributed by atoms with Crippen LogP contribution in [0.25, 0.3) is 0 Å². The van der Waals surface area contributed by atoms with Crippen LogP contribution in [-0.2, 0) is 27.8 Å². The van der Waals surface area contributed by atoms with E-state index in [2.05, 4.69) is 10.1 Å². The molecule has 168 valence electrons. The molecule has 0 N–H and O–H groups in total. The second kappa shape index (κ2) is 8.27. The molecule has 1 aliphatic heterocycles. The molecule has 10 heteroatoms. The molecule has 4 rings (SSSR count). The topological polar surface area (TPSA) is 106 Å². The zero-order valence-corrected chi connectivity index (χ0v) is 19.1. The third-order valence-corrected chi connectivity index (χ3v) is 7.28. The summed E-state index contributed by atoms with van der Waals surface area (Å²) in [6.45, 7) is 5.42. The Morgan fingerprint density at radius 2 is 1.88 bits per heavy atom. The molecular weight excluding hydrogens is 432 g/mol. The molecule has 0 spiro atoms. The number of carbonyl (C=O) groups excluding carboxylic acids is 1. The predicted molar refractivity (Wildman–Crippen MR) is 118 cm³/mol. The van der Waals surface area contributed by atoms with Crippen molar-refractivity contribution in [3.8, 4) is 5.75 Å². The van der Waals surface area contributed by atoms with Crippen LogP contribution in [0.15, 0.2) is 45.8 Å². The maximum Gasteiger partial charge on any atom is 0.265 e. The molecule has 2 aromatic carbocycles. The summed E-state index contributed by atoms with van der Waals surface area (Å²) in [7, 11) is -2.34. The first kappa shape index (κ1) is 21.8. The molecule has 0 radical (unpaired) electrons. The molecule has 0 saturated heterocycles. The van der Waals surface area contributed by atoms with Gasteiger partial charge in [0.05, 0.1) is 22.8 Å². The monoisotopic (exact) mass is 456 g/mol.